The predicted molar refractivity (Wildman–Crippen MR) is 142 cm³/mol. The molecule has 0 radical (unpaired) electrons. The molecule has 4 bridgehead atoms. The molecular weight excluding hydrogens is 448 g/mol. The molecule has 4 aliphatic heterocycles. The first kappa shape index (κ1) is 24.0. The molecule has 192 valence electrons. The number of carbonyl (C=O) groups is 1. The lowest BCUT2D eigenvalue weighted by atomic mass is 9.86. The Bertz CT molecular complexity index is 1030. The van der Waals surface area contributed by atoms with E-state index in [1.807, 2.05) is 12.1 Å². The van der Waals surface area contributed by atoms with Crippen LogP contribution in [0.1, 0.15) is 63.0 Å². The van der Waals surface area contributed by atoms with Gasteiger partial charge in [0.1, 0.15) is 5.75 Å². The van der Waals surface area contributed by atoms with Crippen LogP contribution in [-0.2, 0) is 4.79 Å². The Kier molecular flexibility index (Phi) is 6.76. The second kappa shape index (κ2) is 10.2. The number of hydrogen-bond donors (Lipinski definition) is 2. The normalized spacial score (nSPS) is 33.3. The highest BCUT2D eigenvalue weighted by Crippen LogP contribution is 2.51. The molecular formula is C30H40N4O2. The first-order chi connectivity index (χ1) is 17.6. The Balaban J connectivity index is 1.25. The van der Waals surface area contributed by atoms with E-state index in [0.29, 0.717) is 29.9 Å². The lowest BCUT2D eigenvalue weighted by molar-refractivity contribution is -0.128. The number of allylic oxidation sites excluding steroid dienone is 1. The molecule has 6 unspecified atom stereocenters. The van der Waals surface area contributed by atoms with Crippen molar-refractivity contribution in [2.45, 2.75) is 81.6 Å². The Morgan fingerprint density at radius 2 is 1.81 bits per heavy atom. The summed E-state index contributed by atoms with van der Waals surface area (Å²) >= 11 is 0. The van der Waals surface area contributed by atoms with Crippen molar-refractivity contribution in [1.29, 1.82) is 0 Å². The van der Waals surface area contributed by atoms with E-state index in [4.69, 9.17) is 0 Å². The molecule has 36 heavy (non-hydrogen) atoms. The van der Waals surface area contributed by atoms with Crippen molar-refractivity contribution in [3.8, 4) is 5.75 Å². The fraction of sp³-hybridized carbons (Fsp3) is 0.567. The smallest absolute Gasteiger partial charge is 0.241 e. The largest absolute Gasteiger partial charge is 0.508 e. The maximum absolute atomic E-state index is 13.0. The van der Waals surface area contributed by atoms with Crippen molar-refractivity contribution in [1.82, 2.24) is 20.2 Å². The number of carbonyl (C=O) groups excluding carboxylic acids is 1. The molecule has 6 nitrogen and oxygen atoms in total. The number of piperazine rings is 1. The van der Waals surface area contributed by atoms with Gasteiger partial charge < -0.3 is 5.11 Å². The van der Waals surface area contributed by atoms with Crippen molar-refractivity contribution >= 4 is 5.91 Å². The number of nitrogens with one attached hydrogen (secondary N) is 1. The van der Waals surface area contributed by atoms with E-state index >= 15 is 0 Å². The van der Waals surface area contributed by atoms with Gasteiger partial charge in [-0.1, -0.05) is 42.9 Å². The van der Waals surface area contributed by atoms with E-state index in [1.54, 1.807) is 6.07 Å². The third-order valence-electron chi connectivity index (χ3n) is 9.25. The van der Waals surface area contributed by atoms with E-state index in [9.17, 15) is 9.90 Å². The van der Waals surface area contributed by atoms with Crippen molar-refractivity contribution in [3.05, 3.63) is 66.3 Å². The fourth-order valence-electron chi connectivity index (χ4n) is 7.73. The van der Waals surface area contributed by atoms with Gasteiger partial charge in [0.05, 0.1) is 12.0 Å². The molecule has 2 N–H and O–H groups in total. The molecule has 4 heterocycles. The molecule has 4 fully saturated rings. The van der Waals surface area contributed by atoms with Crippen LogP contribution in [0.5, 0.6) is 5.75 Å². The van der Waals surface area contributed by atoms with Crippen molar-refractivity contribution < 1.29 is 9.90 Å². The molecule has 1 aromatic rings. The standard InChI is InChI=1S/C30H40N4O2/c1-2-17-33-25-13-14-26(33)28-16-15-27(25)34(28)29(23-7-6-8-24(35)20-23)21-9-11-22(12-10-21)30(36)31-32-18-4-3-5-19-32/h2,6-11,20,22,25-29,35H,1,3-5,12-19H2,(H,31,36). The Labute approximate surface area is 215 Å². The van der Waals surface area contributed by atoms with Crippen molar-refractivity contribution in [2.24, 2.45) is 5.92 Å². The van der Waals surface area contributed by atoms with Crippen molar-refractivity contribution in [2.75, 3.05) is 19.6 Å². The van der Waals surface area contributed by atoms with Crippen LogP contribution in [0.25, 0.3) is 0 Å². The van der Waals surface area contributed by atoms with Gasteiger partial charge >= 0.3 is 0 Å². The summed E-state index contributed by atoms with van der Waals surface area (Å²) in [6.45, 7) is 6.90. The minimum absolute atomic E-state index is 0.103. The van der Waals surface area contributed by atoms with Crippen LogP contribution in [0, 0.1) is 5.92 Å². The van der Waals surface area contributed by atoms with Crippen LogP contribution in [0.4, 0.5) is 0 Å². The molecule has 1 aromatic carbocycles. The third-order valence-corrected chi connectivity index (χ3v) is 9.25. The third kappa shape index (κ3) is 4.33. The highest BCUT2D eigenvalue weighted by molar-refractivity contribution is 5.80. The van der Waals surface area contributed by atoms with Crippen LogP contribution in [0.2, 0.25) is 0 Å². The van der Waals surface area contributed by atoms with Gasteiger partial charge in [0, 0.05) is 43.8 Å². The zero-order valence-corrected chi connectivity index (χ0v) is 21.3. The molecule has 0 aromatic heterocycles. The van der Waals surface area contributed by atoms with Crippen LogP contribution < -0.4 is 5.43 Å². The van der Waals surface area contributed by atoms with Gasteiger partial charge in [-0.15, -0.1) is 6.58 Å². The summed E-state index contributed by atoms with van der Waals surface area (Å²) in [5.74, 6) is 0.295. The van der Waals surface area contributed by atoms with Crippen molar-refractivity contribution in [3.63, 3.8) is 0 Å². The van der Waals surface area contributed by atoms with Gasteiger partial charge in [-0.25, -0.2) is 5.01 Å². The topological polar surface area (TPSA) is 59.0 Å². The van der Waals surface area contributed by atoms with E-state index in [1.165, 1.54) is 37.7 Å². The number of aromatic hydroxyl groups is 1. The number of hydrogen-bond acceptors (Lipinski definition) is 5. The number of nitrogens with zero attached hydrogens (tertiary/aromatic N) is 3. The highest BCUT2D eigenvalue weighted by atomic mass is 16.3. The van der Waals surface area contributed by atoms with Gasteiger partial charge in [0.15, 0.2) is 0 Å². The molecule has 0 spiro atoms. The van der Waals surface area contributed by atoms with Gasteiger partial charge in [-0.3, -0.25) is 20.0 Å². The summed E-state index contributed by atoms with van der Waals surface area (Å²) in [5.41, 5.74) is 5.56. The van der Waals surface area contributed by atoms with Crippen LogP contribution in [0.15, 0.2) is 60.7 Å². The molecule has 6 heteroatoms. The lowest BCUT2D eigenvalue weighted by Gasteiger charge is -2.50. The summed E-state index contributed by atoms with van der Waals surface area (Å²) in [4.78, 5) is 18.5. The minimum Gasteiger partial charge on any atom is -0.508 e. The zero-order valence-electron chi connectivity index (χ0n) is 21.3. The number of phenols is 1. The number of piperidine rings is 1. The number of benzene rings is 1. The fourth-order valence-corrected chi connectivity index (χ4v) is 7.73. The van der Waals surface area contributed by atoms with Crippen LogP contribution in [-0.4, -0.2) is 69.6 Å². The Morgan fingerprint density at radius 1 is 1.08 bits per heavy atom. The summed E-state index contributed by atoms with van der Waals surface area (Å²) in [6.07, 6.45) is 17.9. The van der Waals surface area contributed by atoms with Gasteiger partial charge in [0.25, 0.3) is 0 Å². The number of fused-ring (bicyclic) bond motifs is 6. The average molecular weight is 489 g/mol. The molecule has 6 atom stereocenters. The summed E-state index contributed by atoms with van der Waals surface area (Å²) < 4.78 is 0. The molecule has 1 aliphatic carbocycles. The van der Waals surface area contributed by atoms with Gasteiger partial charge in [-0.2, -0.15) is 0 Å². The first-order valence-corrected chi connectivity index (χ1v) is 14.0. The van der Waals surface area contributed by atoms with Crippen LogP contribution in [0.3, 0.4) is 0 Å². The summed E-state index contributed by atoms with van der Waals surface area (Å²) in [6, 6.07) is 10.1. The lowest BCUT2D eigenvalue weighted by Crippen LogP contribution is -2.61. The monoisotopic (exact) mass is 488 g/mol. The second-order valence-corrected chi connectivity index (χ2v) is 11.3. The van der Waals surface area contributed by atoms with Crippen LogP contribution >= 0.6 is 0 Å². The maximum Gasteiger partial charge on any atom is 0.241 e. The number of amides is 1. The molecule has 4 saturated heterocycles. The van der Waals surface area contributed by atoms with E-state index in [-0.39, 0.29) is 17.9 Å². The summed E-state index contributed by atoms with van der Waals surface area (Å²) in [5, 5.41) is 12.5. The SMILES string of the molecule is C=CCN1C2CCC1C1CCC2N1C(C1=CCC(C(=O)NN2CCCCC2)C=C1)c1cccc(O)c1. The molecule has 0 saturated carbocycles. The van der Waals surface area contributed by atoms with Gasteiger partial charge in [-0.05, 0) is 68.2 Å². The highest BCUT2D eigenvalue weighted by Gasteiger charge is 2.56. The second-order valence-electron chi connectivity index (χ2n) is 11.3. The predicted octanol–water partition coefficient (Wildman–Crippen LogP) is 4.32. The molecule has 5 aliphatic rings. The number of phenolic OH excluding ortho intramolecular Hbond substituents is 1. The summed E-state index contributed by atoms with van der Waals surface area (Å²) in [7, 11) is 0. The number of hydrazine groups is 1. The zero-order chi connectivity index (χ0) is 24.6. The first-order valence-electron chi connectivity index (χ1n) is 14.0. The Hall–Kier alpha value is -2.41. The number of rotatable bonds is 7. The molecule has 6 rings (SSSR count). The van der Waals surface area contributed by atoms with Gasteiger partial charge in [0.2, 0.25) is 5.91 Å². The van der Waals surface area contributed by atoms with E-state index in [0.717, 1.165) is 44.5 Å². The average Bonchev–Trinajstić information content (AvgIpc) is 3.40. The minimum atomic E-state index is -0.127. The maximum atomic E-state index is 13.0. The Morgan fingerprint density at radius 3 is 2.44 bits per heavy atom. The van der Waals surface area contributed by atoms with E-state index < -0.39 is 0 Å². The quantitative estimate of drug-likeness (QED) is 0.560. The molecule has 1 amide bonds. The van der Waals surface area contributed by atoms with E-state index in [2.05, 4.69) is 57.2 Å².